The molecular formula is C18H25N3O2. The molecule has 23 heavy (non-hydrogen) atoms. The fourth-order valence-corrected chi connectivity index (χ4v) is 4.29. The highest BCUT2D eigenvalue weighted by atomic mass is 16.5. The van der Waals surface area contributed by atoms with E-state index in [2.05, 4.69) is 22.0 Å². The number of amides is 1. The molecule has 3 saturated heterocycles. The minimum Gasteiger partial charge on any atom is -0.376 e. The van der Waals surface area contributed by atoms with Gasteiger partial charge in [0.05, 0.1) is 18.4 Å². The Bertz CT molecular complexity index is 591. The van der Waals surface area contributed by atoms with Gasteiger partial charge in [0.25, 0.3) is 0 Å². The van der Waals surface area contributed by atoms with Gasteiger partial charge in [0.2, 0.25) is 5.91 Å². The zero-order chi connectivity index (χ0) is 15.8. The van der Waals surface area contributed by atoms with Gasteiger partial charge in [0, 0.05) is 56.7 Å². The molecule has 1 amide bonds. The van der Waals surface area contributed by atoms with Gasteiger partial charge in [-0.05, 0) is 25.5 Å². The maximum atomic E-state index is 11.9. The number of likely N-dealkylation sites (tertiary alicyclic amines) is 2. The number of ether oxygens (including phenoxy) is 1. The molecule has 4 heterocycles. The maximum absolute atomic E-state index is 11.9. The molecule has 1 aromatic rings. The molecule has 0 aliphatic carbocycles. The standard InChI is InChI=1S/C18H25N3O2/c1-13-4-2-5-15(19-13)9-20-10-16-14(12-23-17(16)11-20)8-21-7-3-6-18(21)22/h2,4-5,14,16-17H,3,6-12H2,1H3/t14-,16+,17+/m0/s1. The number of hydrogen-bond donors (Lipinski definition) is 0. The van der Waals surface area contributed by atoms with E-state index in [1.165, 1.54) is 0 Å². The fraction of sp³-hybridized carbons (Fsp3) is 0.667. The summed E-state index contributed by atoms with van der Waals surface area (Å²) in [5.41, 5.74) is 2.21. The average molecular weight is 315 g/mol. The van der Waals surface area contributed by atoms with Crippen molar-refractivity contribution >= 4 is 5.91 Å². The van der Waals surface area contributed by atoms with Crippen LogP contribution in [0.4, 0.5) is 0 Å². The Hall–Kier alpha value is -1.46. The van der Waals surface area contributed by atoms with Crippen LogP contribution in [0.1, 0.15) is 24.2 Å². The molecule has 3 aliphatic rings. The summed E-state index contributed by atoms with van der Waals surface area (Å²) in [6, 6.07) is 6.21. The van der Waals surface area contributed by atoms with E-state index in [-0.39, 0.29) is 0 Å². The molecular weight excluding hydrogens is 290 g/mol. The van der Waals surface area contributed by atoms with Gasteiger partial charge in [-0.1, -0.05) is 6.07 Å². The topological polar surface area (TPSA) is 45.7 Å². The molecule has 4 rings (SSSR count). The third-order valence-electron chi connectivity index (χ3n) is 5.47. The van der Waals surface area contributed by atoms with Gasteiger partial charge in [-0.15, -0.1) is 0 Å². The Kier molecular flexibility index (Phi) is 4.07. The van der Waals surface area contributed by atoms with Crippen LogP contribution in [-0.2, 0) is 16.1 Å². The highest BCUT2D eigenvalue weighted by Crippen LogP contribution is 2.35. The van der Waals surface area contributed by atoms with Gasteiger partial charge in [-0.25, -0.2) is 0 Å². The maximum Gasteiger partial charge on any atom is 0.222 e. The smallest absolute Gasteiger partial charge is 0.222 e. The van der Waals surface area contributed by atoms with E-state index >= 15 is 0 Å². The van der Waals surface area contributed by atoms with Gasteiger partial charge in [0.1, 0.15) is 0 Å². The predicted molar refractivity (Wildman–Crippen MR) is 86.8 cm³/mol. The molecule has 5 nitrogen and oxygen atoms in total. The van der Waals surface area contributed by atoms with Crippen LogP contribution in [-0.4, -0.2) is 59.6 Å². The predicted octanol–water partition coefficient (Wildman–Crippen LogP) is 1.46. The molecule has 0 unspecified atom stereocenters. The summed E-state index contributed by atoms with van der Waals surface area (Å²) in [7, 11) is 0. The van der Waals surface area contributed by atoms with Crippen LogP contribution in [0.25, 0.3) is 0 Å². The van der Waals surface area contributed by atoms with Crippen LogP contribution >= 0.6 is 0 Å². The van der Waals surface area contributed by atoms with Crippen LogP contribution < -0.4 is 0 Å². The molecule has 0 bridgehead atoms. The second-order valence-corrected chi connectivity index (χ2v) is 7.20. The number of fused-ring (bicyclic) bond motifs is 1. The van der Waals surface area contributed by atoms with Crippen LogP contribution in [0.3, 0.4) is 0 Å². The molecule has 1 aromatic heterocycles. The summed E-state index contributed by atoms with van der Waals surface area (Å²) in [6.45, 7) is 7.62. The lowest BCUT2D eigenvalue weighted by Crippen LogP contribution is -2.35. The highest BCUT2D eigenvalue weighted by molar-refractivity contribution is 5.78. The minimum atomic E-state index is 0.326. The molecule has 0 spiro atoms. The average Bonchev–Trinajstić information content (AvgIpc) is 3.18. The number of pyridine rings is 1. The van der Waals surface area contributed by atoms with Crippen molar-refractivity contribution in [3.8, 4) is 0 Å². The lowest BCUT2D eigenvalue weighted by atomic mass is 9.93. The van der Waals surface area contributed by atoms with Crippen molar-refractivity contribution < 1.29 is 9.53 Å². The van der Waals surface area contributed by atoms with Gasteiger partial charge in [-0.2, -0.15) is 0 Å². The Morgan fingerprint density at radius 3 is 3.04 bits per heavy atom. The van der Waals surface area contributed by atoms with Crippen LogP contribution in [0, 0.1) is 18.8 Å². The lowest BCUT2D eigenvalue weighted by Gasteiger charge is -2.24. The van der Waals surface area contributed by atoms with Crippen molar-refractivity contribution in [2.75, 3.05) is 32.8 Å². The minimum absolute atomic E-state index is 0.326. The van der Waals surface area contributed by atoms with Gasteiger partial charge in [0.15, 0.2) is 0 Å². The second kappa shape index (κ2) is 6.21. The van der Waals surface area contributed by atoms with Crippen LogP contribution in [0.5, 0.6) is 0 Å². The SMILES string of the molecule is Cc1cccc(CN2C[C@@H]3[C@@H](CN4CCCC4=O)CO[C@@H]3C2)n1. The first kappa shape index (κ1) is 15.1. The molecule has 3 aliphatic heterocycles. The lowest BCUT2D eigenvalue weighted by molar-refractivity contribution is -0.128. The van der Waals surface area contributed by atoms with E-state index in [0.29, 0.717) is 23.8 Å². The van der Waals surface area contributed by atoms with Crippen LogP contribution in [0.2, 0.25) is 0 Å². The Morgan fingerprint density at radius 1 is 1.35 bits per heavy atom. The summed E-state index contributed by atoms with van der Waals surface area (Å²) >= 11 is 0. The second-order valence-electron chi connectivity index (χ2n) is 7.20. The molecule has 0 N–H and O–H groups in total. The summed E-state index contributed by atoms with van der Waals surface area (Å²) in [4.78, 5) is 21.0. The van der Waals surface area contributed by atoms with Crippen molar-refractivity contribution in [3.63, 3.8) is 0 Å². The van der Waals surface area contributed by atoms with Gasteiger partial charge in [-0.3, -0.25) is 14.7 Å². The third kappa shape index (κ3) is 3.12. The zero-order valence-corrected chi connectivity index (χ0v) is 13.8. The van der Waals surface area contributed by atoms with Crippen molar-refractivity contribution in [3.05, 3.63) is 29.6 Å². The summed E-state index contributed by atoms with van der Waals surface area (Å²) in [6.07, 6.45) is 2.08. The number of carbonyl (C=O) groups excluding carboxylic acids is 1. The first-order chi connectivity index (χ1) is 11.2. The first-order valence-corrected chi connectivity index (χ1v) is 8.73. The normalized spacial score (nSPS) is 31.1. The number of aryl methyl sites for hydroxylation is 1. The van der Waals surface area contributed by atoms with E-state index in [9.17, 15) is 4.79 Å². The van der Waals surface area contributed by atoms with Gasteiger partial charge < -0.3 is 9.64 Å². The highest BCUT2D eigenvalue weighted by Gasteiger charge is 2.44. The summed E-state index contributed by atoms with van der Waals surface area (Å²) in [5.74, 6) is 1.39. The molecule has 124 valence electrons. The van der Waals surface area contributed by atoms with E-state index in [1.54, 1.807) is 0 Å². The molecule has 3 fully saturated rings. The van der Waals surface area contributed by atoms with Crippen molar-refractivity contribution in [1.29, 1.82) is 0 Å². The number of carbonyl (C=O) groups is 1. The Labute approximate surface area is 137 Å². The van der Waals surface area contributed by atoms with E-state index in [0.717, 1.165) is 63.6 Å². The molecule has 3 atom stereocenters. The van der Waals surface area contributed by atoms with Crippen molar-refractivity contribution in [1.82, 2.24) is 14.8 Å². The van der Waals surface area contributed by atoms with Crippen LogP contribution in [0.15, 0.2) is 18.2 Å². The zero-order valence-electron chi connectivity index (χ0n) is 13.8. The molecule has 0 radical (unpaired) electrons. The Balaban J connectivity index is 1.36. The quantitative estimate of drug-likeness (QED) is 0.844. The van der Waals surface area contributed by atoms with E-state index in [4.69, 9.17) is 4.74 Å². The largest absolute Gasteiger partial charge is 0.376 e. The van der Waals surface area contributed by atoms with Crippen molar-refractivity contribution in [2.24, 2.45) is 11.8 Å². The number of nitrogens with zero attached hydrogens (tertiary/aromatic N) is 3. The van der Waals surface area contributed by atoms with Crippen molar-refractivity contribution in [2.45, 2.75) is 32.4 Å². The first-order valence-electron chi connectivity index (χ1n) is 8.73. The van der Waals surface area contributed by atoms with E-state index < -0.39 is 0 Å². The fourth-order valence-electron chi connectivity index (χ4n) is 4.29. The number of rotatable bonds is 4. The number of aromatic nitrogens is 1. The third-order valence-corrected chi connectivity index (χ3v) is 5.47. The van der Waals surface area contributed by atoms with E-state index in [1.807, 2.05) is 17.9 Å². The summed E-state index contributed by atoms with van der Waals surface area (Å²) < 4.78 is 6.03. The van der Waals surface area contributed by atoms with Gasteiger partial charge >= 0.3 is 0 Å². The number of hydrogen-bond acceptors (Lipinski definition) is 4. The molecule has 0 saturated carbocycles. The molecule has 5 heteroatoms. The molecule has 0 aromatic carbocycles. The summed E-state index contributed by atoms with van der Waals surface area (Å²) in [5, 5.41) is 0. The monoisotopic (exact) mass is 315 g/mol. The Morgan fingerprint density at radius 2 is 2.26 bits per heavy atom.